The number of hydrogen-bond acceptors (Lipinski definition) is 5. The molecule has 2 rings (SSSR count). The molecule has 2 aromatic rings. The molecule has 0 aromatic carbocycles. The van der Waals surface area contributed by atoms with Crippen molar-refractivity contribution in [1.82, 2.24) is 15.0 Å². The van der Waals surface area contributed by atoms with E-state index in [1.54, 1.807) is 18.5 Å². The number of aromatic nitrogens is 3. The van der Waals surface area contributed by atoms with E-state index in [9.17, 15) is 0 Å². The quantitative estimate of drug-likeness (QED) is 0.783. The molecule has 5 nitrogen and oxygen atoms in total. The third-order valence-electron chi connectivity index (χ3n) is 2.16. The molecular weight excluding hydrogens is 242 g/mol. The summed E-state index contributed by atoms with van der Waals surface area (Å²) in [5.41, 5.74) is 1.39. The van der Waals surface area contributed by atoms with Gasteiger partial charge in [0.05, 0.1) is 19.8 Å². The van der Waals surface area contributed by atoms with Crippen LogP contribution < -0.4 is 9.47 Å². The van der Waals surface area contributed by atoms with Crippen LogP contribution in [0.15, 0.2) is 24.5 Å². The molecule has 0 aliphatic heterocycles. The van der Waals surface area contributed by atoms with Crippen molar-refractivity contribution in [2.45, 2.75) is 0 Å². The van der Waals surface area contributed by atoms with Gasteiger partial charge in [0.15, 0.2) is 0 Å². The smallest absolute Gasteiger partial charge is 0.319 e. The first-order valence-corrected chi connectivity index (χ1v) is 5.20. The van der Waals surface area contributed by atoms with Gasteiger partial charge in [0.1, 0.15) is 5.15 Å². The number of ether oxygens (including phenoxy) is 2. The minimum absolute atomic E-state index is 0.241. The zero-order valence-corrected chi connectivity index (χ0v) is 10.1. The number of halogens is 1. The predicted molar refractivity (Wildman–Crippen MR) is 63.4 cm³/mol. The van der Waals surface area contributed by atoms with E-state index in [0.717, 1.165) is 0 Å². The minimum atomic E-state index is 0.241. The zero-order valence-electron chi connectivity index (χ0n) is 9.35. The number of methoxy groups -OCH3 is 2. The van der Waals surface area contributed by atoms with E-state index in [1.165, 1.54) is 14.2 Å². The van der Waals surface area contributed by atoms with E-state index >= 15 is 0 Å². The highest BCUT2D eigenvalue weighted by Crippen LogP contribution is 2.32. The maximum atomic E-state index is 6.01. The first kappa shape index (κ1) is 11.6. The lowest BCUT2D eigenvalue weighted by Crippen LogP contribution is -1.98. The van der Waals surface area contributed by atoms with Crippen molar-refractivity contribution >= 4 is 11.6 Å². The average Bonchev–Trinajstić information content (AvgIpc) is 2.38. The summed E-state index contributed by atoms with van der Waals surface area (Å²) >= 11 is 6.01. The Balaban J connectivity index is 2.56. The van der Waals surface area contributed by atoms with Crippen molar-refractivity contribution in [2.24, 2.45) is 0 Å². The van der Waals surface area contributed by atoms with Gasteiger partial charge in [0, 0.05) is 18.0 Å². The molecule has 0 radical (unpaired) electrons. The summed E-state index contributed by atoms with van der Waals surface area (Å²) in [7, 11) is 3.01. The first-order chi connectivity index (χ1) is 8.26. The van der Waals surface area contributed by atoms with Crippen LogP contribution in [0.1, 0.15) is 0 Å². The standard InChI is InChI=1S/C11H10ClN3O2/c1-16-10-8(6-14-11(15-10)17-2)7-4-3-5-13-9(7)12/h3-6H,1-2H3. The van der Waals surface area contributed by atoms with E-state index in [2.05, 4.69) is 15.0 Å². The van der Waals surface area contributed by atoms with E-state index in [4.69, 9.17) is 21.1 Å². The van der Waals surface area contributed by atoms with Crippen LogP contribution in [0.5, 0.6) is 11.9 Å². The topological polar surface area (TPSA) is 57.1 Å². The number of hydrogen-bond donors (Lipinski definition) is 0. The van der Waals surface area contributed by atoms with Gasteiger partial charge in [-0.3, -0.25) is 0 Å². The molecule has 2 aromatic heterocycles. The van der Waals surface area contributed by atoms with Gasteiger partial charge in [-0.2, -0.15) is 4.98 Å². The lowest BCUT2D eigenvalue weighted by Gasteiger charge is -2.08. The lowest BCUT2D eigenvalue weighted by atomic mass is 10.1. The molecule has 0 bridgehead atoms. The maximum absolute atomic E-state index is 6.01. The lowest BCUT2D eigenvalue weighted by molar-refractivity contribution is 0.353. The summed E-state index contributed by atoms with van der Waals surface area (Å²) in [5, 5.41) is 0.375. The summed E-state index contributed by atoms with van der Waals surface area (Å²) in [5.74, 6) is 0.395. The van der Waals surface area contributed by atoms with E-state index in [1.807, 2.05) is 6.07 Å². The second kappa shape index (κ2) is 4.97. The Morgan fingerprint density at radius 3 is 2.59 bits per heavy atom. The van der Waals surface area contributed by atoms with Gasteiger partial charge in [-0.25, -0.2) is 9.97 Å². The Bertz CT molecular complexity index is 534. The third kappa shape index (κ3) is 2.29. The second-order valence-corrected chi connectivity index (χ2v) is 3.48. The molecule has 0 atom stereocenters. The largest absolute Gasteiger partial charge is 0.480 e. The molecule has 2 heterocycles. The molecule has 0 unspecified atom stereocenters. The molecule has 0 saturated carbocycles. The molecule has 0 saturated heterocycles. The maximum Gasteiger partial charge on any atom is 0.319 e. The second-order valence-electron chi connectivity index (χ2n) is 3.12. The zero-order chi connectivity index (χ0) is 12.3. The van der Waals surface area contributed by atoms with E-state index in [-0.39, 0.29) is 6.01 Å². The normalized spacial score (nSPS) is 10.1. The molecule has 6 heteroatoms. The highest BCUT2D eigenvalue weighted by Gasteiger charge is 2.13. The average molecular weight is 252 g/mol. The van der Waals surface area contributed by atoms with Gasteiger partial charge in [0.25, 0.3) is 0 Å². The Labute approximate surface area is 103 Å². The highest BCUT2D eigenvalue weighted by atomic mass is 35.5. The van der Waals surface area contributed by atoms with E-state index in [0.29, 0.717) is 22.2 Å². The van der Waals surface area contributed by atoms with Crippen molar-refractivity contribution in [3.8, 4) is 23.0 Å². The fourth-order valence-electron chi connectivity index (χ4n) is 1.38. The third-order valence-corrected chi connectivity index (χ3v) is 2.46. The van der Waals surface area contributed by atoms with Gasteiger partial charge in [0.2, 0.25) is 5.88 Å². The van der Waals surface area contributed by atoms with E-state index < -0.39 is 0 Å². The van der Waals surface area contributed by atoms with Crippen LogP contribution in [0.25, 0.3) is 11.1 Å². The Kier molecular flexibility index (Phi) is 3.39. The number of nitrogens with zero attached hydrogens (tertiary/aromatic N) is 3. The Morgan fingerprint density at radius 2 is 1.94 bits per heavy atom. The number of rotatable bonds is 3. The van der Waals surface area contributed by atoms with Crippen LogP contribution in [-0.4, -0.2) is 29.2 Å². The fraction of sp³-hybridized carbons (Fsp3) is 0.182. The Morgan fingerprint density at radius 1 is 1.12 bits per heavy atom. The molecule has 0 N–H and O–H groups in total. The molecule has 0 aliphatic carbocycles. The van der Waals surface area contributed by atoms with Crippen LogP contribution in [0.3, 0.4) is 0 Å². The van der Waals surface area contributed by atoms with Gasteiger partial charge >= 0.3 is 6.01 Å². The summed E-state index contributed by atoms with van der Waals surface area (Å²) in [4.78, 5) is 12.1. The summed E-state index contributed by atoms with van der Waals surface area (Å²) in [6.45, 7) is 0. The van der Waals surface area contributed by atoms with Crippen molar-refractivity contribution in [2.75, 3.05) is 14.2 Å². The van der Waals surface area contributed by atoms with Crippen LogP contribution in [0.4, 0.5) is 0 Å². The van der Waals surface area contributed by atoms with Crippen molar-refractivity contribution in [3.63, 3.8) is 0 Å². The van der Waals surface area contributed by atoms with Crippen molar-refractivity contribution < 1.29 is 9.47 Å². The Hall–Kier alpha value is -1.88. The van der Waals surface area contributed by atoms with Gasteiger partial charge < -0.3 is 9.47 Å². The minimum Gasteiger partial charge on any atom is -0.480 e. The van der Waals surface area contributed by atoms with Gasteiger partial charge in [-0.15, -0.1) is 0 Å². The SMILES string of the molecule is COc1ncc(-c2cccnc2Cl)c(OC)n1. The predicted octanol–water partition coefficient (Wildman–Crippen LogP) is 2.21. The van der Waals surface area contributed by atoms with Crippen molar-refractivity contribution in [1.29, 1.82) is 0 Å². The highest BCUT2D eigenvalue weighted by molar-refractivity contribution is 6.32. The summed E-state index contributed by atoms with van der Waals surface area (Å²) < 4.78 is 10.1. The van der Waals surface area contributed by atoms with Gasteiger partial charge in [-0.1, -0.05) is 11.6 Å². The van der Waals surface area contributed by atoms with Crippen LogP contribution in [0, 0.1) is 0 Å². The molecule has 0 aliphatic rings. The summed E-state index contributed by atoms with van der Waals surface area (Å²) in [6.07, 6.45) is 3.20. The molecule has 88 valence electrons. The van der Waals surface area contributed by atoms with Crippen LogP contribution in [0.2, 0.25) is 5.15 Å². The first-order valence-electron chi connectivity index (χ1n) is 4.82. The van der Waals surface area contributed by atoms with Crippen LogP contribution >= 0.6 is 11.6 Å². The molecule has 0 spiro atoms. The molecular formula is C11H10ClN3O2. The molecule has 0 fully saturated rings. The monoisotopic (exact) mass is 251 g/mol. The van der Waals surface area contributed by atoms with Gasteiger partial charge in [-0.05, 0) is 12.1 Å². The number of pyridine rings is 1. The van der Waals surface area contributed by atoms with Crippen molar-refractivity contribution in [3.05, 3.63) is 29.7 Å². The summed E-state index contributed by atoms with van der Waals surface area (Å²) in [6, 6.07) is 3.85. The molecule has 0 amide bonds. The fourth-order valence-corrected chi connectivity index (χ4v) is 1.60. The van der Waals surface area contributed by atoms with Crippen LogP contribution in [-0.2, 0) is 0 Å². The molecule has 17 heavy (non-hydrogen) atoms.